The van der Waals surface area contributed by atoms with Crippen LogP contribution >= 0.6 is 0 Å². The average molecular weight is 379 g/mol. The summed E-state index contributed by atoms with van der Waals surface area (Å²) in [6.07, 6.45) is 4.81. The summed E-state index contributed by atoms with van der Waals surface area (Å²) in [5, 5.41) is 13.4. The Labute approximate surface area is 160 Å². The topological polar surface area (TPSA) is 114 Å². The van der Waals surface area contributed by atoms with E-state index in [2.05, 4.69) is 20.3 Å². The van der Waals surface area contributed by atoms with Gasteiger partial charge in [0, 0.05) is 23.0 Å². The standard InChI is InChI=1S/C20H18FN5O2/c21-15-11-24-19(25-14-4-1-3-13(9-14)18(22)27)26-17(15)12-5-8-23-16(10-12)20(28)6-2-7-20/h1,3-5,8-11,28H,2,6-7H2,(H2,22,27)(H,24,25,26). The van der Waals surface area contributed by atoms with Gasteiger partial charge in [-0.1, -0.05) is 6.07 Å². The van der Waals surface area contributed by atoms with Gasteiger partial charge in [-0.15, -0.1) is 0 Å². The van der Waals surface area contributed by atoms with E-state index in [0.29, 0.717) is 35.3 Å². The Bertz CT molecular complexity index is 1050. The van der Waals surface area contributed by atoms with Crippen LogP contribution in [0.3, 0.4) is 0 Å². The largest absolute Gasteiger partial charge is 0.384 e. The van der Waals surface area contributed by atoms with Gasteiger partial charge < -0.3 is 16.2 Å². The molecule has 2 aromatic heterocycles. The number of hydrogen-bond acceptors (Lipinski definition) is 6. The fraction of sp³-hybridized carbons (Fsp3) is 0.200. The van der Waals surface area contributed by atoms with Crippen molar-refractivity contribution < 1.29 is 14.3 Å². The Morgan fingerprint density at radius 3 is 2.75 bits per heavy atom. The molecule has 2 heterocycles. The highest BCUT2D eigenvalue weighted by Crippen LogP contribution is 2.40. The minimum atomic E-state index is -0.949. The van der Waals surface area contributed by atoms with Crippen LogP contribution in [0, 0.1) is 5.82 Å². The number of anilines is 2. The van der Waals surface area contributed by atoms with Gasteiger partial charge in [0.2, 0.25) is 11.9 Å². The molecular weight excluding hydrogens is 361 g/mol. The minimum Gasteiger partial charge on any atom is -0.384 e. The first kappa shape index (κ1) is 18.0. The first-order valence-corrected chi connectivity index (χ1v) is 8.83. The van der Waals surface area contributed by atoms with Gasteiger partial charge in [0.25, 0.3) is 0 Å². The van der Waals surface area contributed by atoms with E-state index < -0.39 is 17.3 Å². The van der Waals surface area contributed by atoms with Crippen molar-refractivity contribution in [3.8, 4) is 11.3 Å². The Kier molecular flexibility index (Phi) is 4.48. The van der Waals surface area contributed by atoms with Crippen molar-refractivity contribution in [1.29, 1.82) is 0 Å². The number of aromatic nitrogens is 3. The van der Waals surface area contributed by atoms with Crippen LogP contribution in [0.5, 0.6) is 0 Å². The van der Waals surface area contributed by atoms with E-state index >= 15 is 0 Å². The maximum atomic E-state index is 14.4. The van der Waals surface area contributed by atoms with Gasteiger partial charge >= 0.3 is 0 Å². The molecule has 28 heavy (non-hydrogen) atoms. The van der Waals surface area contributed by atoms with E-state index in [4.69, 9.17) is 5.73 Å². The third kappa shape index (κ3) is 3.41. The van der Waals surface area contributed by atoms with Gasteiger partial charge in [-0.05, 0) is 49.6 Å². The monoisotopic (exact) mass is 379 g/mol. The number of primary amides is 1. The van der Waals surface area contributed by atoms with Gasteiger partial charge in [-0.25, -0.2) is 14.4 Å². The molecule has 0 unspecified atom stereocenters. The van der Waals surface area contributed by atoms with Crippen LogP contribution in [-0.4, -0.2) is 26.0 Å². The van der Waals surface area contributed by atoms with E-state index in [-0.39, 0.29) is 11.6 Å². The number of carbonyl (C=O) groups is 1. The van der Waals surface area contributed by atoms with Crippen molar-refractivity contribution in [2.45, 2.75) is 24.9 Å². The molecule has 1 amide bonds. The van der Waals surface area contributed by atoms with E-state index in [1.165, 1.54) is 6.20 Å². The summed E-state index contributed by atoms with van der Waals surface area (Å²) >= 11 is 0. The van der Waals surface area contributed by atoms with E-state index in [1.54, 1.807) is 36.4 Å². The number of rotatable bonds is 5. The van der Waals surface area contributed by atoms with E-state index in [0.717, 1.165) is 12.6 Å². The normalized spacial score (nSPS) is 14.9. The summed E-state index contributed by atoms with van der Waals surface area (Å²) in [5.41, 5.74) is 6.33. The highest BCUT2D eigenvalue weighted by atomic mass is 19.1. The molecular formula is C20H18FN5O2. The van der Waals surface area contributed by atoms with Gasteiger partial charge in [-0.3, -0.25) is 9.78 Å². The van der Waals surface area contributed by atoms with Crippen LogP contribution in [0.1, 0.15) is 35.3 Å². The Balaban J connectivity index is 1.66. The molecule has 0 saturated heterocycles. The summed E-state index contributed by atoms with van der Waals surface area (Å²) in [6.45, 7) is 0. The summed E-state index contributed by atoms with van der Waals surface area (Å²) in [5.74, 6) is -0.976. The Morgan fingerprint density at radius 2 is 2.04 bits per heavy atom. The lowest BCUT2D eigenvalue weighted by Gasteiger charge is -2.36. The first-order chi connectivity index (χ1) is 13.4. The smallest absolute Gasteiger partial charge is 0.248 e. The molecule has 8 heteroatoms. The second-order valence-corrected chi connectivity index (χ2v) is 6.78. The average Bonchev–Trinajstić information content (AvgIpc) is 2.68. The molecule has 7 nitrogen and oxygen atoms in total. The predicted molar refractivity (Wildman–Crippen MR) is 101 cm³/mol. The zero-order chi connectivity index (χ0) is 19.7. The highest BCUT2D eigenvalue weighted by Gasteiger charge is 2.37. The van der Waals surface area contributed by atoms with Crippen molar-refractivity contribution in [3.05, 3.63) is 65.9 Å². The minimum absolute atomic E-state index is 0.0927. The number of hydrogen-bond donors (Lipinski definition) is 3. The number of nitrogens with zero attached hydrogens (tertiary/aromatic N) is 3. The molecule has 142 valence electrons. The molecule has 0 aliphatic heterocycles. The van der Waals surface area contributed by atoms with Crippen molar-refractivity contribution in [2.75, 3.05) is 5.32 Å². The molecule has 1 saturated carbocycles. The van der Waals surface area contributed by atoms with Crippen LogP contribution in [0.4, 0.5) is 16.0 Å². The Hall–Kier alpha value is -3.39. The van der Waals surface area contributed by atoms with Gasteiger partial charge in [0.05, 0.1) is 11.9 Å². The summed E-state index contributed by atoms with van der Waals surface area (Å²) in [7, 11) is 0. The van der Waals surface area contributed by atoms with Crippen LogP contribution in [0.15, 0.2) is 48.8 Å². The fourth-order valence-electron chi connectivity index (χ4n) is 3.11. The summed E-state index contributed by atoms with van der Waals surface area (Å²) in [4.78, 5) is 23.8. The number of nitrogens with one attached hydrogen (secondary N) is 1. The molecule has 4 N–H and O–H groups in total. The van der Waals surface area contributed by atoms with E-state index in [9.17, 15) is 14.3 Å². The molecule has 0 bridgehead atoms. The van der Waals surface area contributed by atoms with Crippen LogP contribution in [0.25, 0.3) is 11.3 Å². The molecule has 0 atom stereocenters. The van der Waals surface area contributed by atoms with Gasteiger partial charge in [0.15, 0.2) is 5.82 Å². The van der Waals surface area contributed by atoms with Gasteiger partial charge in [-0.2, -0.15) is 0 Å². The summed E-state index contributed by atoms with van der Waals surface area (Å²) in [6, 6.07) is 9.83. The third-order valence-electron chi connectivity index (χ3n) is 4.84. The zero-order valence-corrected chi connectivity index (χ0v) is 14.9. The lowest BCUT2D eigenvalue weighted by molar-refractivity contribution is -0.0425. The quantitative estimate of drug-likeness (QED) is 0.628. The summed E-state index contributed by atoms with van der Waals surface area (Å²) < 4.78 is 14.4. The number of amides is 1. The molecule has 4 rings (SSSR count). The molecule has 3 aromatic rings. The number of aliphatic hydroxyl groups is 1. The molecule has 0 radical (unpaired) electrons. The van der Waals surface area contributed by atoms with Gasteiger partial charge in [0.1, 0.15) is 11.3 Å². The number of carbonyl (C=O) groups excluding carboxylic acids is 1. The molecule has 1 aliphatic rings. The molecule has 1 aromatic carbocycles. The molecule has 1 aliphatic carbocycles. The number of pyridine rings is 1. The predicted octanol–water partition coefficient (Wildman–Crippen LogP) is 2.89. The SMILES string of the molecule is NC(=O)c1cccc(Nc2ncc(F)c(-c3ccnc(C4(O)CCC4)c3)n2)c1. The maximum Gasteiger partial charge on any atom is 0.248 e. The zero-order valence-electron chi connectivity index (χ0n) is 14.9. The molecule has 1 fully saturated rings. The second kappa shape index (κ2) is 6.97. The number of nitrogens with two attached hydrogens (primary N) is 1. The second-order valence-electron chi connectivity index (χ2n) is 6.78. The van der Waals surface area contributed by atoms with E-state index in [1.807, 2.05) is 0 Å². The maximum absolute atomic E-state index is 14.4. The van der Waals surface area contributed by atoms with Crippen LogP contribution in [0.2, 0.25) is 0 Å². The Morgan fingerprint density at radius 1 is 1.21 bits per heavy atom. The van der Waals surface area contributed by atoms with Crippen molar-refractivity contribution in [1.82, 2.24) is 15.0 Å². The lowest BCUT2D eigenvalue weighted by atomic mass is 9.77. The van der Waals surface area contributed by atoms with Crippen molar-refractivity contribution in [3.63, 3.8) is 0 Å². The third-order valence-corrected chi connectivity index (χ3v) is 4.84. The van der Waals surface area contributed by atoms with Crippen molar-refractivity contribution in [2.24, 2.45) is 5.73 Å². The van der Waals surface area contributed by atoms with Crippen molar-refractivity contribution >= 4 is 17.5 Å². The fourth-order valence-corrected chi connectivity index (χ4v) is 3.11. The number of benzene rings is 1. The van der Waals surface area contributed by atoms with Crippen LogP contribution < -0.4 is 11.1 Å². The highest BCUT2D eigenvalue weighted by molar-refractivity contribution is 5.93. The van der Waals surface area contributed by atoms with Crippen LogP contribution in [-0.2, 0) is 5.60 Å². The molecule has 0 spiro atoms. The first-order valence-electron chi connectivity index (χ1n) is 8.83. The number of halogens is 1. The lowest BCUT2D eigenvalue weighted by Crippen LogP contribution is -2.34.